The lowest BCUT2D eigenvalue weighted by molar-refractivity contribution is 0.175. The third-order valence-electron chi connectivity index (χ3n) is 3.09. The molecule has 3 N–H and O–H groups in total. The molecule has 3 rings (SSSR count). The number of aliphatic hydroxyl groups excluding tert-OH is 1. The Bertz CT molecular complexity index is 536. The number of hydrogen-bond donors (Lipinski definition) is 3. The van der Waals surface area contributed by atoms with Crippen LogP contribution in [-0.2, 0) is 0 Å². The van der Waals surface area contributed by atoms with Gasteiger partial charge in [0.25, 0.3) is 0 Å². The van der Waals surface area contributed by atoms with E-state index in [0.717, 1.165) is 18.2 Å². The Kier molecular flexibility index (Phi) is 2.57. The minimum absolute atomic E-state index is 0.359. The van der Waals surface area contributed by atoms with Gasteiger partial charge in [-0.15, -0.1) is 0 Å². The number of hydrogen-bond acceptors (Lipinski definition) is 3. The molecule has 4 nitrogen and oxygen atoms in total. The summed E-state index contributed by atoms with van der Waals surface area (Å²) < 4.78 is 13.4. The molecule has 1 fully saturated rings. The zero-order valence-electron chi connectivity index (χ0n) is 9.28. The number of H-pyrrole nitrogens is 1. The molecule has 0 spiro atoms. The van der Waals surface area contributed by atoms with Crippen LogP contribution in [-0.4, -0.2) is 27.9 Å². The van der Waals surface area contributed by atoms with Crippen molar-refractivity contribution in [1.82, 2.24) is 15.5 Å². The summed E-state index contributed by atoms with van der Waals surface area (Å²) in [7, 11) is 0. The molecule has 0 radical (unpaired) electrons. The summed E-state index contributed by atoms with van der Waals surface area (Å²) in [5.74, 6) is -0.359. The van der Waals surface area contributed by atoms with Gasteiger partial charge >= 0.3 is 0 Å². The van der Waals surface area contributed by atoms with Crippen molar-refractivity contribution < 1.29 is 9.50 Å². The topological polar surface area (TPSA) is 60.9 Å². The fourth-order valence-corrected chi connectivity index (χ4v) is 1.99. The van der Waals surface area contributed by atoms with Gasteiger partial charge in [0.2, 0.25) is 0 Å². The predicted molar refractivity (Wildman–Crippen MR) is 62.0 cm³/mol. The molecule has 0 amide bonds. The fourth-order valence-electron chi connectivity index (χ4n) is 1.99. The summed E-state index contributed by atoms with van der Waals surface area (Å²) in [6.07, 6.45) is 3.24. The Morgan fingerprint density at radius 2 is 2.35 bits per heavy atom. The average molecular weight is 235 g/mol. The molecular weight excluding hydrogens is 221 g/mol. The minimum Gasteiger partial charge on any atom is -0.387 e. The molecule has 1 aromatic carbocycles. The van der Waals surface area contributed by atoms with Crippen molar-refractivity contribution in [2.24, 2.45) is 0 Å². The van der Waals surface area contributed by atoms with E-state index in [9.17, 15) is 9.50 Å². The molecule has 5 heteroatoms. The lowest BCUT2D eigenvalue weighted by Gasteiger charge is -2.13. The second-order valence-electron chi connectivity index (χ2n) is 4.52. The van der Waals surface area contributed by atoms with Gasteiger partial charge < -0.3 is 10.4 Å². The van der Waals surface area contributed by atoms with Crippen LogP contribution in [0.4, 0.5) is 4.39 Å². The van der Waals surface area contributed by atoms with Crippen LogP contribution in [0.1, 0.15) is 24.5 Å². The number of aromatic amines is 1. The summed E-state index contributed by atoms with van der Waals surface area (Å²) in [6.45, 7) is 0.453. The SMILES string of the molecule is O[C@@H](CNC1CC1)c1cc(F)cc2[nH]ncc12. The molecular formula is C12H14FN3O. The molecule has 0 aliphatic heterocycles. The van der Waals surface area contributed by atoms with Crippen LogP contribution in [0.25, 0.3) is 10.9 Å². The average Bonchev–Trinajstić information content (AvgIpc) is 3.02. The van der Waals surface area contributed by atoms with Gasteiger partial charge in [0.1, 0.15) is 5.82 Å². The van der Waals surface area contributed by atoms with Gasteiger partial charge in [0.05, 0.1) is 17.8 Å². The molecule has 1 aliphatic rings. The highest BCUT2D eigenvalue weighted by Gasteiger charge is 2.22. The van der Waals surface area contributed by atoms with E-state index < -0.39 is 6.10 Å². The van der Waals surface area contributed by atoms with Gasteiger partial charge in [-0.25, -0.2) is 4.39 Å². The van der Waals surface area contributed by atoms with Crippen LogP contribution in [0.2, 0.25) is 0 Å². The molecule has 1 atom stereocenters. The van der Waals surface area contributed by atoms with E-state index in [1.54, 1.807) is 6.20 Å². The zero-order chi connectivity index (χ0) is 11.8. The second-order valence-corrected chi connectivity index (χ2v) is 4.52. The summed E-state index contributed by atoms with van der Waals surface area (Å²) in [5, 5.41) is 20.7. The van der Waals surface area contributed by atoms with E-state index >= 15 is 0 Å². The number of fused-ring (bicyclic) bond motifs is 1. The third kappa shape index (κ3) is 2.16. The van der Waals surface area contributed by atoms with Crippen LogP contribution >= 0.6 is 0 Å². The number of halogens is 1. The van der Waals surface area contributed by atoms with Crippen molar-refractivity contribution in [2.45, 2.75) is 25.0 Å². The number of nitrogens with zero attached hydrogens (tertiary/aromatic N) is 1. The molecule has 0 bridgehead atoms. The van der Waals surface area contributed by atoms with E-state index in [0.29, 0.717) is 23.7 Å². The van der Waals surface area contributed by atoms with E-state index in [4.69, 9.17) is 0 Å². The van der Waals surface area contributed by atoms with Crippen molar-refractivity contribution >= 4 is 10.9 Å². The highest BCUT2D eigenvalue weighted by molar-refractivity contribution is 5.82. The van der Waals surface area contributed by atoms with Crippen molar-refractivity contribution in [2.75, 3.05) is 6.54 Å². The Morgan fingerprint density at radius 3 is 3.12 bits per heavy atom. The van der Waals surface area contributed by atoms with Gasteiger partial charge in [-0.2, -0.15) is 5.10 Å². The van der Waals surface area contributed by atoms with Crippen LogP contribution in [0.3, 0.4) is 0 Å². The first-order valence-electron chi connectivity index (χ1n) is 5.78. The van der Waals surface area contributed by atoms with Crippen LogP contribution in [0.15, 0.2) is 18.3 Å². The van der Waals surface area contributed by atoms with Crippen LogP contribution in [0.5, 0.6) is 0 Å². The lowest BCUT2D eigenvalue weighted by atomic mass is 10.0. The quantitative estimate of drug-likeness (QED) is 0.752. The number of aromatic nitrogens is 2. The first kappa shape index (κ1) is 10.7. The minimum atomic E-state index is -0.702. The highest BCUT2D eigenvalue weighted by Crippen LogP contribution is 2.25. The largest absolute Gasteiger partial charge is 0.387 e. The number of rotatable bonds is 4. The Balaban J connectivity index is 1.88. The second kappa shape index (κ2) is 4.09. The van der Waals surface area contributed by atoms with E-state index in [1.165, 1.54) is 12.1 Å². The molecule has 90 valence electrons. The molecule has 17 heavy (non-hydrogen) atoms. The van der Waals surface area contributed by atoms with Gasteiger partial charge in [-0.05, 0) is 30.5 Å². The highest BCUT2D eigenvalue weighted by atomic mass is 19.1. The van der Waals surface area contributed by atoms with Crippen molar-refractivity contribution in [3.8, 4) is 0 Å². The van der Waals surface area contributed by atoms with Gasteiger partial charge in [0, 0.05) is 18.0 Å². The summed E-state index contributed by atoms with van der Waals surface area (Å²) in [5.41, 5.74) is 1.20. The summed E-state index contributed by atoms with van der Waals surface area (Å²) in [6, 6.07) is 3.28. The molecule has 1 saturated carbocycles. The maximum Gasteiger partial charge on any atom is 0.125 e. The first-order valence-corrected chi connectivity index (χ1v) is 5.78. The molecule has 1 heterocycles. The monoisotopic (exact) mass is 235 g/mol. The van der Waals surface area contributed by atoms with E-state index in [1.807, 2.05) is 0 Å². The summed E-state index contributed by atoms with van der Waals surface area (Å²) in [4.78, 5) is 0. The maximum atomic E-state index is 13.4. The Morgan fingerprint density at radius 1 is 1.53 bits per heavy atom. The van der Waals surface area contributed by atoms with Crippen molar-refractivity contribution in [3.05, 3.63) is 29.7 Å². The van der Waals surface area contributed by atoms with Crippen molar-refractivity contribution in [3.63, 3.8) is 0 Å². The summed E-state index contributed by atoms with van der Waals surface area (Å²) >= 11 is 0. The third-order valence-corrected chi connectivity index (χ3v) is 3.09. The fraction of sp³-hybridized carbons (Fsp3) is 0.417. The molecule has 1 aromatic heterocycles. The smallest absolute Gasteiger partial charge is 0.125 e. The predicted octanol–water partition coefficient (Wildman–Crippen LogP) is 1.49. The molecule has 2 aromatic rings. The number of aliphatic hydroxyl groups is 1. The van der Waals surface area contributed by atoms with Gasteiger partial charge in [-0.3, -0.25) is 5.10 Å². The Hall–Kier alpha value is -1.46. The first-order chi connectivity index (χ1) is 8.24. The van der Waals surface area contributed by atoms with Crippen molar-refractivity contribution in [1.29, 1.82) is 0 Å². The van der Waals surface area contributed by atoms with E-state index in [-0.39, 0.29) is 5.82 Å². The Labute approximate surface area is 97.8 Å². The number of nitrogens with one attached hydrogen (secondary N) is 2. The van der Waals surface area contributed by atoms with E-state index in [2.05, 4.69) is 15.5 Å². The maximum absolute atomic E-state index is 13.4. The zero-order valence-corrected chi connectivity index (χ0v) is 9.28. The lowest BCUT2D eigenvalue weighted by Crippen LogP contribution is -2.23. The normalized spacial score (nSPS) is 17.5. The number of benzene rings is 1. The molecule has 0 saturated heterocycles. The van der Waals surface area contributed by atoms with Gasteiger partial charge in [0.15, 0.2) is 0 Å². The van der Waals surface area contributed by atoms with Crippen LogP contribution < -0.4 is 5.32 Å². The van der Waals surface area contributed by atoms with Crippen LogP contribution in [0, 0.1) is 5.82 Å². The van der Waals surface area contributed by atoms with Gasteiger partial charge in [-0.1, -0.05) is 0 Å². The molecule has 1 aliphatic carbocycles. The standard InChI is InChI=1S/C12H14FN3O/c13-7-3-9(10-5-15-16-11(10)4-7)12(17)6-14-8-1-2-8/h3-5,8,12,14,17H,1-2,6H2,(H,15,16)/t12-/m0/s1. The molecule has 0 unspecified atom stereocenters.